The molecule has 0 radical (unpaired) electrons. The van der Waals surface area contributed by atoms with Crippen molar-refractivity contribution in [3.63, 3.8) is 0 Å². The summed E-state index contributed by atoms with van der Waals surface area (Å²) in [5.74, 6) is 1.41. The third kappa shape index (κ3) is 3.74. The fourth-order valence-corrected chi connectivity index (χ4v) is 4.11. The predicted molar refractivity (Wildman–Crippen MR) is 91.1 cm³/mol. The maximum atomic E-state index is 12.4. The molecule has 0 aromatic carbocycles. The van der Waals surface area contributed by atoms with Crippen molar-refractivity contribution in [2.24, 2.45) is 0 Å². The van der Waals surface area contributed by atoms with Gasteiger partial charge >= 0.3 is 5.97 Å². The van der Waals surface area contributed by atoms with Gasteiger partial charge in [0.2, 0.25) is 5.91 Å². The Morgan fingerprint density at radius 1 is 1.38 bits per heavy atom. The Morgan fingerprint density at radius 2 is 2.12 bits per heavy atom. The zero-order valence-corrected chi connectivity index (χ0v) is 14.8. The first-order chi connectivity index (χ1) is 11.6. The molecule has 8 heteroatoms. The molecule has 1 aromatic heterocycles. The molecule has 0 unspecified atom stereocenters. The predicted octanol–water partition coefficient (Wildman–Crippen LogP) is 1.53. The highest BCUT2D eigenvalue weighted by Gasteiger charge is 2.38. The number of carboxylic acids is 1. The molecular weight excluding hydrogens is 328 g/mol. The number of nitrogens with zero attached hydrogens (tertiary/aromatic N) is 4. The van der Waals surface area contributed by atoms with Crippen LogP contribution in [0.3, 0.4) is 0 Å². The lowest BCUT2D eigenvalue weighted by molar-refractivity contribution is -0.138. The number of thioether (sulfide) groups is 1. The number of aromatic nitrogens is 3. The van der Waals surface area contributed by atoms with Crippen molar-refractivity contribution in [3.8, 4) is 0 Å². The second-order valence-corrected chi connectivity index (χ2v) is 7.55. The van der Waals surface area contributed by atoms with Crippen LogP contribution in [0.2, 0.25) is 0 Å². The fraction of sp³-hybridized carbons (Fsp3) is 0.750. The molecule has 24 heavy (non-hydrogen) atoms. The largest absolute Gasteiger partial charge is 0.480 e. The van der Waals surface area contributed by atoms with Crippen molar-refractivity contribution in [1.29, 1.82) is 0 Å². The van der Waals surface area contributed by atoms with Crippen LogP contribution in [0, 0.1) is 0 Å². The van der Waals surface area contributed by atoms with Gasteiger partial charge in [-0.25, -0.2) is 9.67 Å². The molecule has 0 bridgehead atoms. The molecule has 1 aromatic rings. The molecular formula is C16H24N4O3S. The van der Waals surface area contributed by atoms with Crippen molar-refractivity contribution in [2.45, 2.75) is 57.0 Å². The maximum Gasteiger partial charge on any atom is 0.325 e. The van der Waals surface area contributed by atoms with Crippen molar-refractivity contribution in [1.82, 2.24) is 19.7 Å². The number of carbonyl (C=O) groups excluding carboxylic acids is 1. The Hall–Kier alpha value is -1.57. The average Bonchev–Trinajstić information content (AvgIpc) is 3.24. The summed E-state index contributed by atoms with van der Waals surface area (Å²) in [4.78, 5) is 30.1. The smallest absolute Gasteiger partial charge is 0.325 e. The summed E-state index contributed by atoms with van der Waals surface area (Å²) in [5.41, 5.74) is 0. The van der Waals surface area contributed by atoms with Gasteiger partial charge in [-0.05, 0) is 19.1 Å². The second kappa shape index (κ2) is 7.55. The first kappa shape index (κ1) is 17.3. The van der Waals surface area contributed by atoms with E-state index < -0.39 is 5.97 Å². The van der Waals surface area contributed by atoms with E-state index in [9.17, 15) is 9.59 Å². The zero-order valence-electron chi connectivity index (χ0n) is 14.0. The van der Waals surface area contributed by atoms with Crippen LogP contribution in [0.15, 0.2) is 0 Å². The molecule has 2 fully saturated rings. The monoisotopic (exact) mass is 352 g/mol. The van der Waals surface area contributed by atoms with E-state index in [1.807, 2.05) is 11.2 Å². The Kier molecular flexibility index (Phi) is 5.43. The number of hydrogen-bond acceptors (Lipinski definition) is 5. The molecule has 1 aliphatic carbocycles. The number of aliphatic carboxylic acids is 1. The number of amides is 1. The van der Waals surface area contributed by atoms with Gasteiger partial charge in [-0.1, -0.05) is 12.8 Å². The summed E-state index contributed by atoms with van der Waals surface area (Å²) < 4.78 is 1.48. The molecule has 132 valence electrons. The van der Waals surface area contributed by atoms with E-state index in [1.165, 1.54) is 17.5 Å². The van der Waals surface area contributed by atoms with Crippen molar-refractivity contribution < 1.29 is 14.7 Å². The zero-order chi connectivity index (χ0) is 17.1. The Morgan fingerprint density at radius 3 is 2.79 bits per heavy atom. The minimum atomic E-state index is -0.936. The van der Waals surface area contributed by atoms with E-state index in [0.717, 1.165) is 18.6 Å². The van der Waals surface area contributed by atoms with Gasteiger partial charge in [-0.3, -0.25) is 9.59 Å². The maximum absolute atomic E-state index is 12.4. The van der Waals surface area contributed by atoms with Gasteiger partial charge in [0, 0.05) is 37.1 Å². The first-order valence-electron chi connectivity index (χ1n) is 8.52. The van der Waals surface area contributed by atoms with E-state index in [4.69, 9.17) is 5.11 Å². The van der Waals surface area contributed by atoms with Crippen LogP contribution >= 0.6 is 11.8 Å². The molecule has 1 N–H and O–H groups in total. The highest BCUT2D eigenvalue weighted by Crippen LogP contribution is 2.33. The number of hydrogen-bond donors (Lipinski definition) is 1. The van der Waals surface area contributed by atoms with Crippen LogP contribution in [0.1, 0.15) is 49.7 Å². The Bertz CT molecular complexity index is 612. The van der Waals surface area contributed by atoms with Gasteiger partial charge in [0.15, 0.2) is 5.82 Å². The molecule has 7 nitrogen and oxygen atoms in total. The van der Waals surface area contributed by atoms with E-state index in [-0.39, 0.29) is 18.4 Å². The Labute approximate surface area is 145 Å². The van der Waals surface area contributed by atoms with Gasteiger partial charge in [-0.2, -0.15) is 16.9 Å². The molecule has 2 aliphatic rings. The van der Waals surface area contributed by atoms with Crippen molar-refractivity contribution in [3.05, 3.63) is 11.6 Å². The van der Waals surface area contributed by atoms with Crippen molar-refractivity contribution in [2.75, 3.05) is 18.6 Å². The topological polar surface area (TPSA) is 88.3 Å². The van der Waals surface area contributed by atoms with Crippen LogP contribution in [0.5, 0.6) is 0 Å². The van der Waals surface area contributed by atoms with Gasteiger partial charge in [0.25, 0.3) is 0 Å². The molecule has 1 atom stereocenters. The van der Waals surface area contributed by atoms with Gasteiger partial charge in [0.05, 0.1) is 0 Å². The molecule has 1 amide bonds. The molecule has 1 aliphatic heterocycles. The molecule has 0 spiro atoms. The van der Waals surface area contributed by atoms with E-state index in [2.05, 4.69) is 10.1 Å². The third-order valence-corrected chi connectivity index (χ3v) is 5.46. The fourth-order valence-electron chi connectivity index (χ4n) is 3.72. The van der Waals surface area contributed by atoms with E-state index in [1.54, 1.807) is 11.8 Å². The quantitative estimate of drug-likeness (QED) is 0.800. The summed E-state index contributed by atoms with van der Waals surface area (Å²) in [5, 5.41) is 13.5. The second-order valence-electron chi connectivity index (χ2n) is 6.57. The highest BCUT2D eigenvalue weighted by molar-refractivity contribution is 7.98. The van der Waals surface area contributed by atoms with Crippen LogP contribution in [-0.2, 0) is 22.6 Å². The highest BCUT2D eigenvalue weighted by atomic mass is 32.2. The number of carbonyl (C=O) groups is 2. The Balaban J connectivity index is 1.78. The lowest BCUT2D eigenvalue weighted by Gasteiger charge is -2.23. The summed E-state index contributed by atoms with van der Waals surface area (Å²) in [6.07, 6.45) is 7.69. The van der Waals surface area contributed by atoms with Crippen LogP contribution < -0.4 is 0 Å². The number of carboxylic acid groups (broad SMARTS) is 1. The van der Waals surface area contributed by atoms with Crippen LogP contribution in [-0.4, -0.2) is 61.2 Å². The minimum Gasteiger partial charge on any atom is -0.480 e. The molecule has 1 saturated carbocycles. The van der Waals surface area contributed by atoms with Gasteiger partial charge < -0.3 is 10.0 Å². The van der Waals surface area contributed by atoms with Crippen LogP contribution in [0.25, 0.3) is 0 Å². The summed E-state index contributed by atoms with van der Waals surface area (Å²) in [6.45, 7) is 0.444. The van der Waals surface area contributed by atoms with E-state index >= 15 is 0 Å². The SMILES string of the molecule is CSCCc1nc([C@@H]2CC(=O)N(C3CCCC3)C2)n(CC(=O)O)n1. The molecule has 2 heterocycles. The van der Waals surface area contributed by atoms with E-state index in [0.29, 0.717) is 37.1 Å². The van der Waals surface area contributed by atoms with Gasteiger partial charge in [-0.15, -0.1) is 0 Å². The number of rotatable bonds is 7. The lowest BCUT2D eigenvalue weighted by Crippen LogP contribution is -2.34. The summed E-state index contributed by atoms with van der Waals surface area (Å²) in [7, 11) is 0. The molecule has 3 rings (SSSR count). The normalized spacial score (nSPS) is 21.8. The van der Waals surface area contributed by atoms with Crippen LogP contribution in [0.4, 0.5) is 0 Å². The molecule has 1 saturated heterocycles. The standard InChI is InChI=1S/C16H24N4O3S/c1-24-7-6-13-17-16(20(18-13)10-15(22)23)11-8-14(21)19(9-11)12-4-2-3-5-12/h11-12H,2-10H2,1H3,(H,22,23)/t11-/m1/s1. The average molecular weight is 352 g/mol. The first-order valence-corrected chi connectivity index (χ1v) is 9.91. The summed E-state index contributed by atoms with van der Waals surface area (Å²) in [6, 6.07) is 0.356. The summed E-state index contributed by atoms with van der Waals surface area (Å²) >= 11 is 1.71. The minimum absolute atomic E-state index is 0.0482. The third-order valence-electron chi connectivity index (χ3n) is 4.85. The number of likely N-dealkylation sites (tertiary alicyclic amines) is 1. The van der Waals surface area contributed by atoms with Crippen molar-refractivity contribution >= 4 is 23.6 Å². The van der Waals surface area contributed by atoms with Gasteiger partial charge in [0.1, 0.15) is 12.4 Å². The lowest BCUT2D eigenvalue weighted by atomic mass is 10.1. The number of aryl methyl sites for hydroxylation is 1.